The van der Waals surface area contributed by atoms with Gasteiger partial charge < -0.3 is 20.1 Å². The number of amides is 1. The Morgan fingerprint density at radius 2 is 1.41 bits per heavy atom. The maximum absolute atomic E-state index is 11.9. The number of carbonyl (C=O) groups excluding carboxylic acids is 2. The molecular weight excluding hydrogens is 685 g/mol. The van der Waals surface area contributed by atoms with Crippen LogP contribution in [0.3, 0.4) is 0 Å². The average molecular weight is 727 g/mol. The molecular formula is C40H41Cl2N5O4. The third-order valence-electron chi connectivity index (χ3n) is 11.1. The Hall–Kier alpha value is -4.02. The van der Waals surface area contributed by atoms with Gasteiger partial charge in [-0.3, -0.25) is 14.5 Å². The Kier molecular flexibility index (Phi) is 9.25. The van der Waals surface area contributed by atoms with E-state index in [1.807, 2.05) is 36.4 Å². The van der Waals surface area contributed by atoms with Crippen LogP contribution in [0.5, 0.6) is 11.8 Å². The van der Waals surface area contributed by atoms with Crippen LogP contribution in [0.2, 0.25) is 10.0 Å². The summed E-state index contributed by atoms with van der Waals surface area (Å²) in [6.07, 6.45) is 5.12. The molecule has 8 rings (SSSR count). The largest absolute Gasteiger partial charge is 0.481 e. The predicted octanol–water partition coefficient (Wildman–Crippen LogP) is 7.17. The van der Waals surface area contributed by atoms with Crippen molar-refractivity contribution in [2.45, 2.75) is 63.6 Å². The van der Waals surface area contributed by atoms with E-state index in [1.54, 1.807) is 21.1 Å². The molecule has 4 aromatic rings. The smallest absolute Gasteiger partial charge is 0.220 e. The number of aromatic nitrogens is 2. The third kappa shape index (κ3) is 6.18. The Morgan fingerprint density at radius 3 is 1.98 bits per heavy atom. The van der Waals surface area contributed by atoms with Crippen LogP contribution in [0.1, 0.15) is 66.9 Å². The third-order valence-corrected chi connectivity index (χ3v) is 12.0. The number of Topliss-reactive ketones (excluding diaryl/α,β-unsaturated/α-hetero) is 1. The summed E-state index contributed by atoms with van der Waals surface area (Å²) in [6.45, 7) is 3.96. The van der Waals surface area contributed by atoms with Gasteiger partial charge in [-0.15, -0.1) is 0 Å². The molecule has 2 aromatic carbocycles. The van der Waals surface area contributed by atoms with Gasteiger partial charge in [0.15, 0.2) is 0 Å². The van der Waals surface area contributed by atoms with Crippen molar-refractivity contribution in [2.24, 2.45) is 5.92 Å². The first-order chi connectivity index (χ1) is 24.7. The van der Waals surface area contributed by atoms with E-state index in [-0.39, 0.29) is 35.7 Å². The summed E-state index contributed by atoms with van der Waals surface area (Å²) in [5.41, 5.74) is 9.25. The second-order valence-corrected chi connectivity index (χ2v) is 14.9. The van der Waals surface area contributed by atoms with Gasteiger partial charge in [-0.2, -0.15) is 0 Å². The molecule has 0 unspecified atom stereocenters. The molecule has 264 valence electrons. The number of nitrogens with one attached hydrogen (secondary N) is 2. The molecule has 2 aliphatic heterocycles. The zero-order valence-electron chi connectivity index (χ0n) is 29.0. The molecule has 51 heavy (non-hydrogen) atoms. The lowest BCUT2D eigenvalue weighted by Crippen LogP contribution is -2.50. The van der Waals surface area contributed by atoms with Gasteiger partial charge in [0.1, 0.15) is 5.78 Å². The van der Waals surface area contributed by atoms with Crippen LogP contribution >= 0.6 is 23.2 Å². The van der Waals surface area contributed by atoms with Crippen molar-refractivity contribution in [3.63, 3.8) is 0 Å². The SMILES string of the molecule is COc1nc(-c2cccc(-c3cccc(-c4cc5c(c(OC)n4)[C@@H](N4CC(C(C)=O)C4)CC5)c3Cl)c2Cl)cc2c1[C@@H](NC[C@@H]1CCC(=O)N1)CC2. The standard InChI is InChI=1S/C40H41Cl2N5O4/c1-21(48)24-19-47(20-24)33-14-11-23-17-32(46-40(51-3)36(23)33)29-9-5-7-27(38(29)42)26-6-4-8-28(37(26)41)31-16-22-10-13-30(35(22)39(45-31)50-2)43-18-25-12-15-34(49)44-25/h4-9,16-17,24-25,30,33,43H,10-15,18-20H2,1-3H3,(H,44,49)/t25-,30-,33-/m0/s1. The molecule has 0 spiro atoms. The molecule has 4 heterocycles. The van der Waals surface area contributed by atoms with Crippen LogP contribution in [-0.4, -0.2) is 66.5 Å². The second-order valence-electron chi connectivity index (χ2n) is 14.1. The van der Waals surface area contributed by atoms with Gasteiger partial charge in [0.05, 0.1) is 35.7 Å². The highest BCUT2D eigenvalue weighted by molar-refractivity contribution is 6.39. The zero-order chi connectivity index (χ0) is 35.4. The summed E-state index contributed by atoms with van der Waals surface area (Å²) in [4.78, 5) is 35.8. The van der Waals surface area contributed by atoms with Crippen molar-refractivity contribution >= 4 is 34.9 Å². The summed E-state index contributed by atoms with van der Waals surface area (Å²) in [6, 6.07) is 16.6. The number of hydrogen-bond acceptors (Lipinski definition) is 8. The minimum Gasteiger partial charge on any atom is -0.481 e. The molecule has 2 saturated heterocycles. The van der Waals surface area contributed by atoms with Crippen molar-refractivity contribution < 1.29 is 19.1 Å². The number of ether oxygens (including phenoxy) is 2. The number of benzene rings is 2. The van der Waals surface area contributed by atoms with E-state index >= 15 is 0 Å². The lowest BCUT2D eigenvalue weighted by Gasteiger charge is -2.42. The van der Waals surface area contributed by atoms with Crippen molar-refractivity contribution in [2.75, 3.05) is 33.9 Å². The molecule has 0 bridgehead atoms. The highest BCUT2D eigenvalue weighted by Gasteiger charge is 2.40. The van der Waals surface area contributed by atoms with Crippen LogP contribution < -0.4 is 20.1 Å². The maximum Gasteiger partial charge on any atom is 0.220 e. The molecule has 3 atom stereocenters. The zero-order valence-corrected chi connectivity index (χ0v) is 30.5. The topological polar surface area (TPSA) is 106 Å². The molecule has 0 saturated carbocycles. The highest BCUT2D eigenvalue weighted by Crippen LogP contribution is 2.47. The summed E-state index contributed by atoms with van der Waals surface area (Å²) >= 11 is 14.5. The minimum atomic E-state index is 0.101. The van der Waals surface area contributed by atoms with Gasteiger partial charge >= 0.3 is 0 Å². The number of likely N-dealkylation sites (tertiary alicyclic amines) is 1. The second kappa shape index (κ2) is 13.8. The fourth-order valence-corrected chi connectivity index (χ4v) is 9.01. The number of aryl methyl sites for hydroxylation is 2. The lowest BCUT2D eigenvalue weighted by molar-refractivity contribution is -0.127. The van der Waals surface area contributed by atoms with E-state index in [4.69, 9.17) is 42.6 Å². The normalized spacial score (nSPS) is 21.3. The Balaban J connectivity index is 1.09. The van der Waals surface area contributed by atoms with E-state index in [0.717, 1.165) is 90.0 Å². The number of ketones is 1. The number of carbonyl (C=O) groups is 2. The summed E-state index contributed by atoms with van der Waals surface area (Å²) in [5, 5.41) is 7.78. The number of fused-ring (bicyclic) bond motifs is 2. The predicted molar refractivity (Wildman–Crippen MR) is 198 cm³/mol. The van der Waals surface area contributed by atoms with Crippen LogP contribution in [0.25, 0.3) is 33.6 Å². The fourth-order valence-electron chi connectivity index (χ4n) is 8.36. The van der Waals surface area contributed by atoms with E-state index in [0.29, 0.717) is 34.8 Å². The van der Waals surface area contributed by atoms with E-state index < -0.39 is 0 Å². The van der Waals surface area contributed by atoms with Crippen molar-refractivity contribution in [1.82, 2.24) is 25.5 Å². The molecule has 0 radical (unpaired) electrons. The molecule has 2 aromatic heterocycles. The monoisotopic (exact) mass is 725 g/mol. The van der Waals surface area contributed by atoms with Gasteiger partial charge in [0, 0.05) is 83.5 Å². The van der Waals surface area contributed by atoms with Crippen LogP contribution in [0, 0.1) is 5.92 Å². The quantitative estimate of drug-likeness (QED) is 0.177. The summed E-state index contributed by atoms with van der Waals surface area (Å²) < 4.78 is 11.7. The van der Waals surface area contributed by atoms with Gasteiger partial charge in [-0.05, 0) is 62.3 Å². The first-order valence-electron chi connectivity index (χ1n) is 17.7. The number of methoxy groups -OCH3 is 2. The average Bonchev–Trinajstić information content (AvgIpc) is 3.84. The molecule has 2 aliphatic carbocycles. The van der Waals surface area contributed by atoms with Gasteiger partial charge in [-0.25, -0.2) is 9.97 Å². The van der Waals surface area contributed by atoms with E-state index in [2.05, 4.69) is 27.7 Å². The first-order valence-corrected chi connectivity index (χ1v) is 18.5. The molecule has 4 aliphatic rings. The maximum atomic E-state index is 11.9. The number of nitrogens with zero attached hydrogens (tertiary/aromatic N) is 3. The van der Waals surface area contributed by atoms with Crippen molar-refractivity contribution in [3.8, 4) is 45.4 Å². The Bertz CT molecular complexity index is 2050. The minimum absolute atomic E-state index is 0.101. The summed E-state index contributed by atoms with van der Waals surface area (Å²) in [7, 11) is 3.31. The van der Waals surface area contributed by atoms with Gasteiger partial charge in [-0.1, -0.05) is 59.6 Å². The lowest BCUT2D eigenvalue weighted by atomic mass is 9.92. The fraction of sp³-hybridized carbons (Fsp3) is 0.400. The van der Waals surface area contributed by atoms with E-state index in [1.165, 1.54) is 11.1 Å². The van der Waals surface area contributed by atoms with Crippen LogP contribution in [-0.2, 0) is 22.4 Å². The van der Waals surface area contributed by atoms with Crippen molar-refractivity contribution in [3.05, 3.63) is 80.8 Å². The molecule has 11 heteroatoms. The molecule has 2 fully saturated rings. The Labute approximate surface area is 308 Å². The number of halogens is 2. The number of pyridine rings is 2. The van der Waals surface area contributed by atoms with Crippen LogP contribution in [0.15, 0.2) is 48.5 Å². The number of hydrogen-bond donors (Lipinski definition) is 2. The Morgan fingerprint density at radius 1 is 0.843 bits per heavy atom. The molecule has 2 N–H and O–H groups in total. The first kappa shape index (κ1) is 34.1. The molecule has 1 amide bonds. The van der Waals surface area contributed by atoms with Crippen LogP contribution in [0.4, 0.5) is 0 Å². The van der Waals surface area contributed by atoms with E-state index in [9.17, 15) is 9.59 Å². The van der Waals surface area contributed by atoms with Gasteiger partial charge in [0.25, 0.3) is 0 Å². The van der Waals surface area contributed by atoms with Crippen molar-refractivity contribution in [1.29, 1.82) is 0 Å². The summed E-state index contributed by atoms with van der Waals surface area (Å²) in [5.74, 6) is 1.68. The number of rotatable bonds is 10. The highest BCUT2D eigenvalue weighted by atomic mass is 35.5. The molecule has 9 nitrogen and oxygen atoms in total. The van der Waals surface area contributed by atoms with Gasteiger partial charge in [0.2, 0.25) is 17.7 Å².